The largest absolute Gasteiger partial charge is 0.396 e. The summed E-state index contributed by atoms with van der Waals surface area (Å²) in [5.41, 5.74) is 7.49. The highest BCUT2D eigenvalue weighted by Gasteiger charge is 2.14. The molecule has 3 aromatic rings. The van der Waals surface area contributed by atoms with Gasteiger partial charge in [-0.1, -0.05) is 56.4 Å². The highest BCUT2D eigenvalue weighted by atomic mass is 79.9. The minimum atomic E-state index is 0.328. The van der Waals surface area contributed by atoms with Crippen LogP contribution in [0.5, 0.6) is 0 Å². The first-order valence-electron chi connectivity index (χ1n) is 5.89. The molecule has 0 fully saturated rings. The van der Waals surface area contributed by atoms with E-state index in [1.165, 1.54) is 0 Å². The molecule has 0 radical (unpaired) electrons. The van der Waals surface area contributed by atoms with Gasteiger partial charge >= 0.3 is 0 Å². The summed E-state index contributed by atoms with van der Waals surface area (Å²) in [6.45, 7) is 0. The average molecular weight is 385 g/mol. The van der Waals surface area contributed by atoms with E-state index in [1.807, 2.05) is 24.3 Å². The molecule has 0 atom stereocenters. The van der Waals surface area contributed by atoms with Crippen LogP contribution in [0.4, 0.5) is 5.69 Å². The standard InChI is InChI=1S/C14H8BrCl2N3O/c15-9-3-1-2-7(4-9)13-19-14(21-20-13)8-5-10(16)12(18)11(17)6-8/h1-6H,18H2. The van der Waals surface area contributed by atoms with Crippen LogP contribution in [0, 0.1) is 0 Å². The Morgan fingerprint density at radius 1 is 1.05 bits per heavy atom. The van der Waals surface area contributed by atoms with Gasteiger partial charge in [0.05, 0.1) is 15.7 Å². The molecular weight excluding hydrogens is 377 g/mol. The van der Waals surface area contributed by atoms with Gasteiger partial charge < -0.3 is 10.3 Å². The summed E-state index contributed by atoms with van der Waals surface area (Å²) in [6.07, 6.45) is 0. The van der Waals surface area contributed by atoms with Crippen molar-refractivity contribution in [2.75, 3.05) is 5.73 Å². The Morgan fingerprint density at radius 3 is 2.43 bits per heavy atom. The Morgan fingerprint density at radius 2 is 1.76 bits per heavy atom. The fraction of sp³-hybridized carbons (Fsp3) is 0. The van der Waals surface area contributed by atoms with Crippen LogP contribution in [-0.4, -0.2) is 10.1 Å². The summed E-state index contributed by atoms with van der Waals surface area (Å²) >= 11 is 15.4. The normalized spacial score (nSPS) is 10.8. The van der Waals surface area contributed by atoms with Gasteiger partial charge in [-0.2, -0.15) is 4.98 Å². The molecule has 2 aromatic carbocycles. The fourth-order valence-electron chi connectivity index (χ4n) is 1.79. The van der Waals surface area contributed by atoms with Gasteiger partial charge in [-0.15, -0.1) is 0 Å². The number of aromatic nitrogens is 2. The van der Waals surface area contributed by atoms with Crippen molar-refractivity contribution in [2.24, 2.45) is 0 Å². The zero-order valence-electron chi connectivity index (χ0n) is 10.5. The van der Waals surface area contributed by atoms with Gasteiger partial charge in [-0.05, 0) is 24.3 Å². The minimum absolute atomic E-state index is 0.328. The molecule has 1 aromatic heterocycles. The predicted molar refractivity (Wildman–Crippen MR) is 87.3 cm³/mol. The second kappa shape index (κ2) is 5.67. The number of anilines is 1. The minimum Gasteiger partial charge on any atom is -0.396 e. The molecule has 0 bridgehead atoms. The Hall–Kier alpha value is -1.56. The Kier molecular flexibility index (Phi) is 3.89. The molecule has 0 saturated carbocycles. The maximum atomic E-state index is 6.01. The van der Waals surface area contributed by atoms with E-state index in [0.29, 0.717) is 33.0 Å². The molecule has 106 valence electrons. The van der Waals surface area contributed by atoms with Crippen LogP contribution in [0.3, 0.4) is 0 Å². The molecule has 0 saturated heterocycles. The van der Waals surface area contributed by atoms with Gasteiger partial charge in [-0.3, -0.25) is 0 Å². The highest BCUT2D eigenvalue weighted by molar-refractivity contribution is 9.10. The lowest BCUT2D eigenvalue weighted by molar-refractivity contribution is 0.432. The molecule has 21 heavy (non-hydrogen) atoms. The number of rotatable bonds is 2. The van der Waals surface area contributed by atoms with Gasteiger partial charge in [-0.25, -0.2) is 0 Å². The second-order valence-electron chi connectivity index (χ2n) is 4.29. The van der Waals surface area contributed by atoms with Crippen molar-refractivity contribution in [3.8, 4) is 22.8 Å². The number of nitrogens with zero attached hydrogens (tertiary/aromatic N) is 2. The first kappa shape index (κ1) is 14.4. The summed E-state index contributed by atoms with van der Waals surface area (Å²) in [7, 11) is 0. The maximum absolute atomic E-state index is 6.01. The smallest absolute Gasteiger partial charge is 0.258 e. The van der Waals surface area contributed by atoms with E-state index in [0.717, 1.165) is 10.0 Å². The molecule has 0 amide bonds. The van der Waals surface area contributed by atoms with Crippen LogP contribution in [0.2, 0.25) is 10.0 Å². The highest BCUT2D eigenvalue weighted by Crippen LogP contribution is 2.33. The van der Waals surface area contributed by atoms with Crippen LogP contribution in [0.25, 0.3) is 22.8 Å². The molecule has 0 aliphatic heterocycles. The Labute approximate surface area is 139 Å². The van der Waals surface area contributed by atoms with Gasteiger partial charge in [0.1, 0.15) is 0 Å². The lowest BCUT2D eigenvalue weighted by atomic mass is 10.2. The third-order valence-electron chi connectivity index (χ3n) is 2.83. The molecule has 0 aliphatic carbocycles. The van der Waals surface area contributed by atoms with Crippen LogP contribution in [-0.2, 0) is 0 Å². The van der Waals surface area contributed by atoms with Crippen molar-refractivity contribution >= 4 is 44.8 Å². The predicted octanol–water partition coefficient (Wildman–Crippen LogP) is 5.06. The molecule has 0 unspecified atom stereocenters. The summed E-state index contributed by atoms with van der Waals surface area (Å²) in [5, 5.41) is 4.66. The second-order valence-corrected chi connectivity index (χ2v) is 6.02. The van der Waals surface area contributed by atoms with Crippen molar-refractivity contribution in [3.05, 3.63) is 50.9 Å². The Bertz CT molecular complexity index is 796. The lowest BCUT2D eigenvalue weighted by Gasteiger charge is -2.02. The van der Waals surface area contributed by atoms with Gasteiger partial charge in [0, 0.05) is 15.6 Å². The van der Waals surface area contributed by atoms with E-state index >= 15 is 0 Å². The molecule has 0 aliphatic rings. The number of hydrogen-bond donors (Lipinski definition) is 1. The molecule has 1 heterocycles. The fourth-order valence-corrected chi connectivity index (χ4v) is 2.68. The van der Waals surface area contributed by atoms with Gasteiger partial charge in [0.25, 0.3) is 5.89 Å². The summed E-state index contributed by atoms with van der Waals surface area (Å²) < 4.78 is 6.20. The summed E-state index contributed by atoms with van der Waals surface area (Å²) in [4.78, 5) is 4.35. The number of nitrogen functional groups attached to an aromatic ring is 1. The summed E-state index contributed by atoms with van der Waals surface area (Å²) in [6, 6.07) is 10.9. The topological polar surface area (TPSA) is 64.9 Å². The molecule has 2 N–H and O–H groups in total. The van der Waals surface area contributed by atoms with Crippen molar-refractivity contribution in [1.82, 2.24) is 10.1 Å². The van der Waals surface area contributed by atoms with E-state index in [1.54, 1.807) is 12.1 Å². The van der Waals surface area contributed by atoms with Gasteiger partial charge in [0.15, 0.2) is 0 Å². The van der Waals surface area contributed by atoms with E-state index in [9.17, 15) is 0 Å². The zero-order valence-corrected chi connectivity index (χ0v) is 13.6. The monoisotopic (exact) mass is 383 g/mol. The number of hydrogen-bond acceptors (Lipinski definition) is 4. The molecular formula is C14H8BrCl2N3O. The lowest BCUT2D eigenvalue weighted by Crippen LogP contribution is -1.89. The number of benzene rings is 2. The third kappa shape index (κ3) is 2.90. The van der Waals surface area contributed by atoms with E-state index in [2.05, 4.69) is 26.1 Å². The van der Waals surface area contributed by atoms with Crippen molar-refractivity contribution in [2.45, 2.75) is 0 Å². The van der Waals surface area contributed by atoms with Crippen LogP contribution < -0.4 is 5.73 Å². The van der Waals surface area contributed by atoms with Crippen molar-refractivity contribution < 1.29 is 4.52 Å². The third-order valence-corrected chi connectivity index (χ3v) is 3.95. The maximum Gasteiger partial charge on any atom is 0.258 e. The van der Waals surface area contributed by atoms with E-state index in [-0.39, 0.29) is 0 Å². The van der Waals surface area contributed by atoms with E-state index < -0.39 is 0 Å². The molecule has 3 rings (SSSR count). The summed E-state index contributed by atoms with van der Waals surface area (Å²) in [5.74, 6) is 0.809. The van der Waals surface area contributed by atoms with Crippen molar-refractivity contribution in [3.63, 3.8) is 0 Å². The van der Waals surface area contributed by atoms with Crippen LogP contribution in [0.15, 0.2) is 45.4 Å². The first-order chi connectivity index (χ1) is 10.0. The average Bonchev–Trinajstić information content (AvgIpc) is 2.94. The van der Waals surface area contributed by atoms with Crippen molar-refractivity contribution in [1.29, 1.82) is 0 Å². The van der Waals surface area contributed by atoms with Crippen LogP contribution >= 0.6 is 39.1 Å². The SMILES string of the molecule is Nc1c(Cl)cc(-c2nc(-c3cccc(Br)c3)no2)cc1Cl. The number of halogens is 3. The number of nitrogens with two attached hydrogens (primary N) is 1. The quantitative estimate of drug-likeness (QED) is 0.627. The van der Waals surface area contributed by atoms with Gasteiger partial charge in [0.2, 0.25) is 5.82 Å². The first-order valence-corrected chi connectivity index (χ1v) is 7.44. The molecule has 0 spiro atoms. The van der Waals surface area contributed by atoms with Crippen LogP contribution in [0.1, 0.15) is 0 Å². The molecule has 4 nitrogen and oxygen atoms in total. The molecule has 7 heteroatoms. The van der Waals surface area contributed by atoms with E-state index in [4.69, 9.17) is 33.5 Å². The Balaban J connectivity index is 2.02. The zero-order chi connectivity index (χ0) is 15.0.